The summed E-state index contributed by atoms with van der Waals surface area (Å²) in [6, 6.07) is 21.7. The molecule has 0 bridgehead atoms. The highest BCUT2D eigenvalue weighted by atomic mass is 19.4. The second-order valence-corrected chi connectivity index (χ2v) is 8.76. The second-order valence-electron chi connectivity index (χ2n) is 8.76. The van der Waals surface area contributed by atoms with Gasteiger partial charge in [0.05, 0.1) is 17.8 Å². The van der Waals surface area contributed by atoms with Crippen molar-refractivity contribution < 1.29 is 31.5 Å². The van der Waals surface area contributed by atoms with Gasteiger partial charge in [-0.25, -0.2) is 18.6 Å². The lowest BCUT2D eigenvalue weighted by molar-refractivity contribution is -0.137. The standard InChI is InChI=1S/C29H20F5N3O2/c30-21-10-4-18(5-11-21)26-17-37(36-27(26)19-6-12-22(31)13-7-19)28(38)35-23-2-1-3-25(16-23)39-24-14-8-20(9-15-24)29(32,33)34/h1-16,26H,17H2,(H,35,38). The Morgan fingerprint density at radius 3 is 2.13 bits per heavy atom. The van der Waals surface area contributed by atoms with E-state index in [-0.39, 0.29) is 18.2 Å². The van der Waals surface area contributed by atoms with E-state index in [0.29, 0.717) is 22.7 Å². The van der Waals surface area contributed by atoms with Gasteiger partial charge in [0.2, 0.25) is 0 Å². The van der Waals surface area contributed by atoms with Crippen molar-refractivity contribution in [3.63, 3.8) is 0 Å². The molecule has 10 heteroatoms. The number of carbonyl (C=O) groups is 1. The molecule has 0 spiro atoms. The number of carbonyl (C=O) groups excluding carboxylic acids is 1. The number of halogens is 5. The van der Waals surface area contributed by atoms with Crippen LogP contribution in [0.4, 0.5) is 32.4 Å². The van der Waals surface area contributed by atoms with Gasteiger partial charge in [0, 0.05) is 17.7 Å². The van der Waals surface area contributed by atoms with E-state index in [9.17, 15) is 26.7 Å². The Morgan fingerprint density at radius 2 is 1.49 bits per heavy atom. The minimum atomic E-state index is -4.45. The molecule has 4 aromatic rings. The van der Waals surface area contributed by atoms with Crippen LogP contribution < -0.4 is 10.1 Å². The van der Waals surface area contributed by atoms with Crippen LogP contribution in [0, 0.1) is 11.6 Å². The van der Waals surface area contributed by atoms with Gasteiger partial charge >= 0.3 is 12.2 Å². The molecular weight excluding hydrogens is 517 g/mol. The molecule has 0 aliphatic carbocycles. The number of alkyl halides is 3. The summed E-state index contributed by atoms with van der Waals surface area (Å²) in [7, 11) is 0. The monoisotopic (exact) mass is 537 g/mol. The molecule has 1 unspecified atom stereocenters. The van der Waals surface area contributed by atoms with Crippen LogP contribution in [0.3, 0.4) is 0 Å². The predicted molar refractivity (Wildman–Crippen MR) is 136 cm³/mol. The summed E-state index contributed by atoms with van der Waals surface area (Å²) < 4.78 is 71.1. The largest absolute Gasteiger partial charge is 0.457 e. The van der Waals surface area contributed by atoms with Crippen LogP contribution in [0.15, 0.2) is 102 Å². The molecule has 1 heterocycles. The fourth-order valence-electron chi connectivity index (χ4n) is 4.14. The van der Waals surface area contributed by atoms with Gasteiger partial charge in [0.15, 0.2) is 0 Å². The maximum atomic E-state index is 13.5. The topological polar surface area (TPSA) is 53.9 Å². The highest BCUT2D eigenvalue weighted by Gasteiger charge is 2.33. The molecule has 198 valence electrons. The van der Waals surface area contributed by atoms with Gasteiger partial charge < -0.3 is 10.1 Å². The van der Waals surface area contributed by atoms with E-state index in [0.717, 1.165) is 17.7 Å². The molecule has 39 heavy (non-hydrogen) atoms. The minimum Gasteiger partial charge on any atom is -0.457 e. The first-order chi connectivity index (χ1) is 18.7. The lowest BCUT2D eigenvalue weighted by atomic mass is 9.90. The quantitative estimate of drug-likeness (QED) is 0.264. The number of hydrogen-bond donors (Lipinski definition) is 1. The van der Waals surface area contributed by atoms with Gasteiger partial charge in [0.25, 0.3) is 0 Å². The summed E-state index contributed by atoms with van der Waals surface area (Å²) >= 11 is 0. The van der Waals surface area contributed by atoms with Crippen molar-refractivity contribution in [2.45, 2.75) is 12.1 Å². The maximum absolute atomic E-state index is 13.5. The predicted octanol–water partition coefficient (Wildman–Crippen LogP) is 7.81. The maximum Gasteiger partial charge on any atom is 0.416 e. The van der Waals surface area contributed by atoms with E-state index >= 15 is 0 Å². The molecule has 1 atom stereocenters. The van der Waals surface area contributed by atoms with Gasteiger partial charge in [-0.05, 0) is 71.8 Å². The van der Waals surface area contributed by atoms with Crippen molar-refractivity contribution in [2.75, 3.05) is 11.9 Å². The van der Waals surface area contributed by atoms with E-state index in [2.05, 4.69) is 10.4 Å². The summed E-state index contributed by atoms with van der Waals surface area (Å²) in [6.45, 7) is 0.159. The number of nitrogens with zero attached hydrogens (tertiary/aromatic N) is 2. The van der Waals surface area contributed by atoms with Crippen LogP contribution in [-0.2, 0) is 6.18 Å². The Hall–Kier alpha value is -4.73. The number of hydrogen-bond acceptors (Lipinski definition) is 3. The molecule has 4 aromatic carbocycles. The second kappa shape index (κ2) is 10.6. The average Bonchev–Trinajstić information content (AvgIpc) is 3.35. The molecule has 2 amide bonds. The minimum absolute atomic E-state index is 0.159. The number of nitrogens with one attached hydrogen (secondary N) is 1. The number of ether oxygens (including phenoxy) is 1. The van der Waals surface area contributed by atoms with Gasteiger partial charge in [-0.15, -0.1) is 0 Å². The van der Waals surface area contributed by atoms with Crippen LogP contribution in [0.1, 0.15) is 22.6 Å². The highest BCUT2D eigenvalue weighted by molar-refractivity contribution is 6.07. The number of urea groups is 1. The molecule has 0 saturated carbocycles. The fourth-order valence-corrected chi connectivity index (χ4v) is 4.14. The zero-order valence-corrected chi connectivity index (χ0v) is 20.1. The van der Waals surface area contributed by atoms with E-state index in [1.807, 2.05) is 0 Å². The summed E-state index contributed by atoms with van der Waals surface area (Å²) in [5.41, 5.74) is 1.46. The Balaban J connectivity index is 1.33. The first kappa shape index (κ1) is 25.9. The zero-order chi connectivity index (χ0) is 27.6. The average molecular weight is 537 g/mol. The van der Waals surface area contributed by atoms with Gasteiger partial charge in [-0.3, -0.25) is 0 Å². The number of anilines is 1. The van der Waals surface area contributed by atoms with Crippen LogP contribution >= 0.6 is 0 Å². The zero-order valence-electron chi connectivity index (χ0n) is 20.1. The summed E-state index contributed by atoms with van der Waals surface area (Å²) in [4.78, 5) is 13.1. The molecule has 0 saturated heterocycles. The first-order valence-electron chi connectivity index (χ1n) is 11.8. The van der Waals surface area contributed by atoms with E-state index in [1.165, 1.54) is 47.5 Å². The molecule has 5 nitrogen and oxygen atoms in total. The summed E-state index contributed by atoms with van der Waals surface area (Å²) in [5, 5.41) is 8.45. The Kier molecular flexibility index (Phi) is 7.02. The van der Waals surface area contributed by atoms with Gasteiger partial charge in [-0.1, -0.05) is 30.3 Å². The van der Waals surface area contributed by atoms with E-state index in [1.54, 1.807) is 42.5 Å². The van der Waals surface area contributed by atoms with E-state index < -0.39 is 29.4 Å². The van der Waals surface area contributed by atoms with Crippen molar-refractivity contribution in [2.24, 2.45) is 5.10 Å². The molecule has 5 rings (SSSR count). The number of amides is 2. The number of benzene rings is 4. The van der Waals surface area contributed by atoms with Crippen LogP contribution in [-0.4, -0.2) is 23.3 Å². The Bertz CT molecular complexity index is 1500. The lowest BCUT2D eigenvalue weighted by Gasteiger charge is -2.16. The number of hydrazone groups is 1. The van der Waals surface area contributed by atoms with Crippen molar-refractivity contribution in [1.29, 1.82) is 0 Å². The van der Waals surface area contributed by atoms with E-state index in [4.69, 9.17) is 4.74 Å². The third kappa shape index (κ3) is 6.06. The summed E-state index contributed by atoms with van der Waals surface area (Å²) in [5.74, 6) is -0.694. The van der Waals surface area contributed by atoms with Crippen LogP contribution in [0.25, 0.3) is 0 Å². The van der Waals surface area contributed by atoms with Crippen molar-refractivity contribution in [1.82, 2.24) is 5.01 Å². The molecule has 1 N–H and O–H groups in total. The Morgan fingerprint density at radius 1 is 0.846 bits per heavy atom. The van der Waals surface area contributed by atoms with Gasteiger partial charge in [-0.2, -0.15) is 18.3 Å². The normalized spacial score (nSPS) is 15.2. The smallest absolute Gasteiger partial charge is 0.416 e. The third-order valence-electron chi connectivity index (χ3n) is 6.06. The summed E-state index contributed by atoms with van der Waals surface area (Å²) in [6.07, 6.45) is -4.45. The molecule has 0 radical (unpaired) electrons. The third-order valence-corrected chi connectivity index (χ3v) is 6.06. The molecule has 1 aliphatic rings. The highest BCUT2D eigenvalue weighted by Crippen LogP contribution is 2.33. The number of rotatable bonds is 5. The van der Waals surface area contributed by atoms with Crippen LogP contribution in [0.2, 0.25) is 0 Å². The van der Waals surface area contributed by atoms with Crippen LogP contribution in [0.5, 0.6) is 11.5 Å². The van der Waals surface area contributed by atoms with Crippen molar-refractivity contribution >= 4 is 17.4 Å². The Labute approximate surface area is 220 Å². The fraction of sp³-hybridized carbons (Fsp3) is 0.103. The van der Waals surface area contributed by atoms with Crippen molar-refractivity contribution in [3.05, 3.63) is 125 Å². The van der Waals surface area contributed by atoms with Crippen molar-refractivity contribution in [3.8, 4) is 11.5 Å². The molecule has 0 aromatic heterocycles. The molecule has 0 fully saturated rings. The molecule has 1 aliphatic heterocycles. The SMILES string of the molecule is O=C(Nc1cccc(Oc2ccc(C(F)(F)F)cc2)c1)N1CC(c2ccc(F)cc2)C(c2ccc(F)cc2)=N1. The lowest BCUT2D eigenvalue weighted by Crippen LogP contribution is -2.30. The first-order valence-corrected chi connectivity index (χ1v) is 11.8. The molecular formula is C29H20F5N3O2. The van der Waals surface area contributed by atoms with Gasteiger partial charge in [0.1, 0.15) is 23.1 Å².